The zero-order chi connectivity index (χ0) is 13.1. The predicted octanol–water partition coefficient (Wildman–Crippen LogP) is 3.52. The lowest BCUT2D eigenvalue weighted by atomic mass is 10.0. The molecule has 1 aliphatic heterocycles. The molecule has 1 aromatic rings. The molecule has 0 bridgehead atoms. The molecule has 0 spiro atoms. The topological polar surface area (TPSA) is 29.1 Å². The summed E-state index contributed by atoms with van der Waals surface area (Å²) < 4.78 is 13.3. The van der Waals surface area contributed by atoms with E-state index in [1.807, 2.05) is 13.8 Å². The molecule has 1 aliphatic rings. The van der Waals surface area contributed by atoms with Gasteiger partial charge in [-0.2, -0.15) is 0 Å². The third kappa shape index (κ3) is 2.86. The highest BCUT2D eigenvalue weighted by Gasteiger charge is 2.24. The number of benzene rings is 1. The fourth-order valence-electron chi connectivity index (χ4n) is 2.01. The summed E-state index contributed by atoms with van der Waals surface area (Å²) >= 11 is 1.72. The predicted molar refractivity (Wildman–Crippen MR) is 72.1 cm³/mol. The molecule has 2 atom stereocenters. The molecule has 0 aliphatic carbocycles. The van der Waals surface area contributed by atoms with Crippen molar-refractivity contribution in [3.63, 3.8) is 0 Å². The van der Waals surface area contributed by atoms with Crippen LogP contribution in [0.1, 0.15) is 38.3 Å². The third-order valence-corrected chi connectivity index (χ3v) is 4.51. The number of halogens is 1. The summed E-state index contributed by atoms with van der Waals surface area (Å²) in [5.41, 5.74) is 0.919. The Morgan fingerprint density at radius 1 is 1.61 bits per heavy atom. The van der Waals surface area contributed by atoms with Crippen LogP contribution in [0.15, 0.2) is 23.1 Å². The van der Waals surface area contributed by atoms with Crippen molar-refractivity contribution in [3.8, 4) is 0 Å². The quantitative estimate of drug-likeness (QED) is 0.907. The van der Waals surface area contributed by atoms with E-state index in [2.05, 4.69) is 5.32 Å². The summed E-state index contributed by atoms with van der Waals surface area (Å²) in [5, 5.41) is 3.03. The van der Waals surface area contributed by atoms with Crippen LogP contribution in [0.25, 0.3) is 0 Å². The summed E-state index contributed by atoms with van der Waals surface area (Å²) in [7, 11) is 0. The Labute approximate surface area is 111 Å². The third-order valence-electron chi connectivity index (χ3n) is 3.39. The van der Waals surface area contributed by atoms with Gasteiger partial charge in [0.2, 0.25) is 5.91 Å². The molecule has 4 heteroatoms. The van der Waals surface area contributed by atoms with Gasteiger partial charge in [-0.25, -0.2) is 4.39 Å². The second-order valence-electron chi connectivity index (χ2n) is 4.69. The minimum Gasteiger partial charge on any atom is -0.349 e. The maximum Gasteiger partial charge on any atom is 0.223 e. The number of thioether (sulfide) groups is 1. The highest BCUT2D eigenvalue weighted by atomic mass is 32.2. The first-order valence-electron chi connectivity index (χ1n) is 6.34. The zero-order valence-corrected chi connectivity index (χ0v) is 11.5. The van der Waals surface area contributed by atoms with E-state index in [1.54, 1.807) is 23.9 Å². The molecule has 18 heavy (non-hydrogen) atoms. The average molecular weight is 267 g/mol. The van der Waals surface area contributed by atoms with Gasteiger partial charge in [0.1, 0.15) is 5.82 Å². The molecule has 0 aromatic heterocycles. The molecule has 2 nitrogen and oxygen atoms in total. The lowest BCUT2D eigenvalue weighted by molar-refractivity contribution is -0.125. The van der Waals surface area contributed by atoms with Crippen LogP contribution in [0, 0.1) is 11.7 Å². The zero-order valence-electron chi connectivity index (χ0n) is 10.7. The maximum absolute atomic E-state index is 13.3. The van der Waals surface area contributed by atoms with Gasteiger partial charge in [-0.05, 0) is 36.6 Å². The molecule has 0 saturated heterocycles. The van der Waals surface area contributed by atoms with Gasteiger partial charge in [0.05, 0.1) is 6.04 Å². The van der Waals surface area contributed by atoms with Gasteiger partial charge in [0.25, 0.3) is 0 Å². The van der Waals surface area contributed by atoms with Crippen molar-refractivity contribution in [2.75, 3.05) is 5.75 Å². The van der Waals surface area contributed by atoms with Crippen molar-refractivity contribution < 1.29 is 9.18 Å². The Bertz CT molecular complexity index is 449. The van der Waals surface area contributed by atoms with Crippen molar-refractivity contribution in [3.05, 3.63) is 29.6 Å². The van der Waals surface area contributed by atoms with E-state index in [4.69, 9.17) is 0 Å². The number of nitrogens with one attached hydrogen (secondary N) is 1. The fourth-order valence-corrected chi connectivity index (χ4v) is 3.12. The van der Waals surface area contributed by atoms with Crippen LogP contribution in [-0.4, -0.2) is 11.7 Å². The molecule has 98 valence electrons. The first-order valence-corrected chi connectivity index (χ1v) is 7.33. The van der Waals surface area contributed by atoms with Gasteiger partial charge < -0.3 is 5.32 Å². The molecule has 0 fully saturated rings. The highest BCUT2D eigenvalue weighted by molar-refractivity contribution is 7.99. The Morgan fingerprint density at radius 2 is 2.39 bits per heavy atom. The van der Waals surface area contributed by atoms with Gasteiger partial charge in [0.15, 0.2) is 0 Å². The number of fused-ring (bicyclic) bond motifs is 1. The second-order valence-corrected chi connectivity index (χ2v) is 5.83. The molecular formula is C14H18FNOS. The van der Waals surface area contributed by atoms with Crippen LogP contribution in [0.5, 0.6) is 0 Å². The molecule has 2 unspecified atom stereocenters. The number of amides is 1. The SMILES string of the molecule is CCC(C)C(=O)NC1CCSc2ccc(F)cc21. The molecule has 0 radical (unpaired) electrons. The fraction of sp³-hybridized carbons (Fsp3) is 0.500. The molecule has 0 saturated carbocycles. The number of hydrogen-bond donors (Lipinski definition) is 1. The second kappa shape index (κ2) is 5.74. The summed E-state index contributed by atoms with van der Waals surface area (Å²) in [5.74, 6) is 0.796. The van der Waals surface area contributed by atoms with E-state index in [0.717, 1.165) is 29.1 Å². The van der Waals surface area contributed by atoms with E-state index in [0.29, 0.717) is 0 Å². The summed E-state index contributed by atoms with van der Waals surface area (Å²) in [6.07, 6.45) is 1.69. The number of hydrogen-bond acceptors (Lipinski definition) is 2. The van der Waals surface area contributed by atoms with Crippen LogP contribution >= 0.6 is 11.8 Å². The molecule has 1 amide bonds. The number of carbonyl (C=O) groups is 1. The first-order chi connectivity index (χ1) is 8.61. The molecule has 1 aromatic carbocycles. The highest BCUT2D eigenvalue weighted by Crippen LogP contribution is 2.36. The van der Waals surface area contributed by atoms with Crippen LogP contribution in [0.4, 0.5) is 4.39 Å². The van der Waals surface area contributed by atoms with Crippen LogP contribution in [0.2, 0.25) is 0 Å². The molecular weight excluding hydrogens is 249 g/mol. The normalized spacial score (nSPS) is 20.1. The smallest absolute Gasteiger partial charge is 0.223 e. The Morgan fingerprint density at radius 3 is 3.11 bits per heavy atom. The molecule has 1 N–H and O–H groups in total. The first kappa shape index (κ1) is 13.4. The van der Waals surface area contributed by atoms with E-state index >= 15 is 0 Å². The number of carbonyl (C=O) groups excluding carboxylic acids is 1. The average Bonchev–Trinajstić information content (AvgIpc) is 2.38. The lowest BCUT2D eigenvalue weighted by Gasteiger charge is -2.27. The van der Waals surface area contributed by atoms with Crippen molar-refractivity contribution >= 4 is 17.7 Å². The number of rotatable bonds is 3. The minimum atomic E-state index is -0.237. The van der Waals surface area contributed by atoms with E-state index in [-0.39, 0.29) is 23.7 Å². The van der Waals surface area contributed by atoms with Gasteiger partial charge in [-0.1, -0.05) is 13.8 Å². The maximum atomic E-state index is 13.3. The van der Waals surface area contributed by atoms with Crippen LogP contribution in [0.3, 0.4) is 0 Å². The van der Waals surface area contributed by atoms with Crippen molar-refractivity contribution in [2.45, 2.75) is 37.6 Å². The van der Waals surface area contributed by atoms with Gasteiger partial charge in [0, 0.05) is 16.6 Å². The van der Waals surface area contributed by atoms with Gasteiger partial charge in [-0.15, -0.1) is 11.8 Å². The summed E-state index contributed by atoms with van der Waals surface area (Å²) in [6, 6.07) is 4.78. The minimum absolute atomic E-state index is 0.0107. The Balaban J connectivity index is 2.17. The Hall–Kier alpha value is -1.03. The van der Waals surface area contributed by atoms with Crippen LogP contribution < -0.4 is 5.32 Å². The van der Waals surface area contributed by atoms with E-state index in [1.165, 1.54) is 6.07 Å². The molecule has 1 heterocycles. The van der Waals surface area contributed by atoms with Gasteiger partial charge >= 0.3 is 0 Å². The van der Waals surface area contributed by atoms with Crippen molar-refractivity contribution in [1.82, 2.24) is 5.32 Å². The van der Waals surface area contributed by atoms with E-state index in [9.17, 15) is 9.18 Å². The summed E-state index contributed by atoms with van der Waals surface area (Å²) in [6.45, 7) is 3.91. The van der Waals surface area contributed by atoms with Crippen molar-refractivity contribution in [1.29, 1.82) is 0 Å². The van der Waals surface area contributed by atoms with Crippen LogP contribution in [-0.2, 0) is 4.79 Å². The molecule has 2 rings (SSSR count). The lowest BCUT2D eigenvalue weighted by Crippen LogP contribution is -2.34. The van der Waals surface area contributed by atoms with E-state index < -0.39 is 0 Å². The summed E-state index contributed by atoms with van der Waals surface area (Å²) in [4.78, 5) is 13.0. The Kier molecular flexibility index (Phi) is 4.27. The monoisotopic (exact) mass is 267 g/mol. The van der Waals surface area contributed by atoms with Gasteiger partial charge in [-0.3, -0.25) is 4.79 Å². The van der Waals surface area contributed by atoms with Crippen molar-refractivity contribution in [2.24, 2.45) is 5.92 Å². The standard InChI is InChI=1S/C14H18FNOS/c1-3-9(2)14(17)16-12-6-7-18-13-5-4-10(15)8-11(12)13/h4-5,8-9,12H,3,6-7H2,1-2H3,(H,16,17). The largest absolute Gasteiger partial charge is 0.349 e.